The van der Waals surface area contributed by atoms with Crippen molar-refractivity contribution in [1.82, 2.24) is 15.2 Å². The number of nitrogens with one attached hydrogen (secondary N) is 2. The van der Waals surface area contributed by atoms with E-state index >= 15 is 0 Å². The number of carbonyl (C=O) groups excluding carboxylic acids is 2. The summed E-state index contributed by atoms with van der Waals surface area (Å²) in [6, 6.07) is 3.15. The summed E-state index contributed by atoms with van der Waals surface area (Å²) in [5.74, 6) is -1.30. The highest BCUT2D eigenvalue weighted by molar-refractivity contribution is 5.96. The van der Waals surface area contributed by atoms with E-state index in [1.807, 2.05) is 0 Å². The van der Waals surface area contributed by atoms with Crippen LogP contribution in [-0.4, -0.2) is 23.1 Å². The quantitative estimate of drug-likeness (QED) is 0.715. The van der Waals surface area contributed by atoms with Crippen LogP contribution < -0.4 is 22.1 Å². The van der Waals surface area contributed by atoms with Gasteiger partial charge in [-0.25, -0.2) is 9.59 Å². The van der Waals surface area contributed by atoms with Gasteiger partial charge in [0.05, 0.1) is 5.52 Å². The van der Waals surface area contributed by atoms with Crippen molar-refractivity contribution in [2.45, 2.75) is 19.9 Å². The SMILES string of the molecule is CCNC(=O)NC(=O)C(C)n1c(=O)oc2ccc(N)cc21. The molecule has 1 heterocycles. The van der Waals surface area contributed by atoms with E-state index in [-0.39, 0.29) is 0 Å². The molecule has 3 amide bonds. The number of fused-ring (bicyclic) bond motifs is 1. The predicted octanol–water partition coefficient (Wildman–Crippen LogP) is 0.583. The molecule has 4 N–H and O–H groups in total. The summed E-state index contributed by atoms with van der Waals surface area (Å²) in [6.45, 7) is 3.61. The Kier molecular flexibility index (Phi) is 3.97. The first-order chi connectivity index (χ1) is 9.93. The molecule has 0 aliphatic heterocycles. The van der Waals surface area contributed by atoms with Crippen LogP contribution in [-0.2, 0) is 4.79 Å². The molecule has 0 saturated carbocycles. The number of imide groups is 1. The maximum absolute atomic E-state index is 12.0. The van der Waals surface area contributed by atoms with Crippen LogP contribution in [0.15, 0.2) is 27.4 Å². The lowest BCUT2D eigenvalue weighted by Gasteiger charge is -2.12. The number of hydrogen-bond acceptors (Lipinski definition) is 5. The zero-order valence-electron chi connectivity index (χ0n) is 11.7. The van der Waals surface area contributed by atoms with Crippen LogP contribution in [0.4, 0.5) is 10.5 Å². The van der Waals surface area contributed by atoms with Crippen LogP contribution in [0.3, 0.4) is 0 Å². The minimum atomic E-state index is -0.914. The summed E-state index contributed by atoms with van der Waals surface area (Å²) >= 11 is 0. The second-order valence-corrected chi connectivity index (χ2v) is 4.49. The van der Waals surface area contributed by atoms with Gasteiger partial charge in [0.1, 0.15) is 6.04 Å². The molecule has 1 aromatic heterocycles. The van der Waals surface area contributed by atoms with Gasteiger partial charge in [0.25, 0.3) is 5.91 Å². The molecule has 8 nitrogen and oxygen atoms in total. The van der Waals surface area contributed by atoms with Gasteiger partial charge in [-0.05, 0) is 32.0 Å². The van der Waals surface area contributed by atoms with Crippen molar-refractivity contribution in [1.29, 1.82) is 0 Å². The lowest BCUT2D eigenvalue weighted by Crippen LogP contribution is -2.43. The molecule has 0 fully saturated rings. The summed E-state index contributed by atoms with van der Waals surface area (Å²) in [6.07, 6.45) is 0. The maximum Gasteiger partial charge on any atom is 0.420 e. The van der Waals surface area contributed by atoms with E-state index in [4.69, 9.17) is 10.2 Å². The average molecular weight is 292 g/mol. The van der Waals surface area contributed by atoms with E-state index in [0.717, 1.165) is 4.57 Å². The Morgan fingerprint density at radius 2 is 2.14 bits per heavy atom. The van der Waals surface area contributed by atoms with Gasteiger partial charge < -0.3 is 15.5 Å². The van der Waals surface area contributed by atoms with Crippen LogP contribution in [0, 0.1) is 0 Å². The largest absolute Gasteiger partial charge is 0.420 e. The molecular formula is C13H16N4O4. The zero-order chi connectivity index (χ0) is 15.6. The van der Waals surface area contributed by atoms with E-state index in [1.165, 1.54) is 13.0 Å². The molecule has 0 spiro atoms. The van der Waals surface area contributed by atoms with Crippen LogP contribution in [0.2, 0.25) is 0 Å². The molecule has 1 unspecified atom stereocenters. The van der Waals surface area contributed by atoms with Gasteiger partial charge in [-0.2, -0.15) is 0 Å². The molecule has 112 valence electrons. The Labute approximate surface area is 119 Å². The van der Waals surface area contributed by atoms with Gasteiger partial charge in [0.2, 0.25) is 0 Å². The number of nitrogens with two attached hydrogens (primary N) is 1. The smallest absolute Gasteiger partial charge is 0.408 e. The number of urea groups is 1. The highest BCUT2D eigenvalue weighted by atomic mass is 16.4. The number of carbonyl (C=O) groups is 2. The monoisotopic (exact) mass is 292 g/mol. The van der Waals surface area contributed by atoms with Crippen molar-refractivity contribution >= 4 is 28.7 Å². The second kappa shape index (κ2) is 5.70. The fourth-order valence-corrected chi connectivity index (χ4v) is 1.96. The van der Waals surface area contributed by atoms with Gasteiger partial charge in [-0.1, -0.05) is 0 Å². The molecule has 0 aliphatic carbocycles. The minimum Gasteiger partial charge on any atom is -0.408 e. The number of nitrogen functional groups attached to an aromatic ring is 1. The highest BCUT2D eigenvalue weighted by Crippen LogP contribution is 2.19. The van der Waals surface area contributed by atoms with Crippen molar-refractivity contribution in [3.63, 3.8) is 0 Å². The second-order valence-electron chi connectivity index (χ2n) is 4.49. The summed E-state index contributed by atoms with van der Waals surface area (Å²) in [4.78, 5) is 35.2. The Morgan fingerprint density at radius 1 is 1.43 bits per heavy atom. The normalized spacial score (nSPS) is 12.1. The lowest BCUT2D eigenvalue weighted by molar-refractivity contribution is -0.122. The Balaban J connectivity index is 2.35. The molecule has 0 saturated heterocycles. The molecular weight excluding hydrogens is 276 g/mol. The topological polar surface area (TPSA) is 119 Å². The number of benzene rings is 1. The van der Waals surface area contributed by atoms with E-state index in [0.29, 0.717) is 23.3 Å². The fraction of sp³-hybridized carbons (Fsp3) is 0.308. The van der Waals surface area contributed by atoms with Crippen molar-refractivity contribution < 1.29 is 14.0 Å². The third-order valence-electron chi connectivity index (χ3n) is 2.98. The Bertz CT molecular complexity index is 746. The molecule has 2 rings (SSSR count). The van der Waals surface area contributed by atoms with Crippen molar-refractivity contribution in [2.75, 3.05) is 12.3 Å². The van der Waals surface area contributed by atoms with Crippen molar-refractivity contribution in [2.24, 2.45) is 0 Å². The Morgan fingerprint density at radius 3 is 2.81 bits per heavy atom. The van der Waals surface area contributed by atoms with Gasteiger partial charge in [-0.3, -0.25) is 14.7 Å². The average Bonchev–Trinajstić information content (AvgIpc) is 2.73. The van der Waals surface area contributed by atoms with Gasteiger partial charge >= 0.3 is 11.8 Å². The molecule has 1 atom stereocenters. The van der Waals surface area contributed by atoms with Crippen LogP contribution in [0.1, 0.15) is 19.9 Å². The molecule has 1 aromatic carbocycles. The molecule has 2 aromatic rings. The summed E-state index contributed by atoms with van der Waals surface area (Å²) in [5, 5.41) is 4.59. The Hall–Kier alpha value is -2.77. The third kappa shape index (κ3) is 2.88. The zero-order valence-corrected chi connectivity index (χ0v) is 11.7. The molecule has 8 heteroatoms. The summed E-state index contributed by atoms with van der Waals surface area (Å²) < 4.78 is 6.20. The molecule has 0 aliphatic rings. The van der Waals surface area contributed by atoms with Gasteiger partial charge in [0.15, 0.2) is 5.58 Å². The summed E-state index contributed by atoms with van der Waals surface area (Å²) in [5.41, 5.74) is 6.84. The summed E-state index contributed by atoms with van der Waals surface area (Å²) in [7, 11) is 0. The van der Waals surface area contributed by atoms with Crippen LogP contribution in [0.25, 0.3) is 11.1 Å². The lowest BCUT2D eigenvalue weighted by atomic mass is 10.2. The number of aromatic nitrogens is 1. The van der Waals surface area contributed by atoms with E-state index in [1.54, 1.807) is 19.1 Å². The first-order valence-corrected chi connectivity index (χ1v) is 6.43. The molecule has 21 heavy (non-hydrogen) atoms. The van der Waals surface area contributed by atoms with Crippen molar-refractivity contribution in [3.05, 3.63) is 28.7 Å². The van der Waals surface area contributed by atoms with Gasteiger partial charge in [-0.15, -0.1) is 0 Å². The van der Waals surface area contributed by atoms with E-state index in [2.05, 4.69) is 10.6 Å². The number of nitrogens with zero attached hydrogens (tertiary/aromatic N) is 1. The maximum atomic E-state index is 12.0. The number of oxazole rings is 1. The molecule has 0 bridgehead atoms. The number of hydrogen-bond donors (Lipinski definition) is 3. The predicted molar refractivity (Wildman–Crippen MR) is 76.8 cm³/mol. The molecule has 0 radical (unpaired) electrons. The number of rotatable bonds is 3. The van der Waals surface area contributed by atoms with Gasteiger partial charge in [0, 0.05) is 12.2 Å². The number of amides is 3. The van der Waals surface area contributed by atoms with E-state index < -0.39 is 23.7 Å². The number of anilines is 1. The van der Waals surface area contributed by atoms with E-state index in [9.17, 15) is 14.4 Å². The first-order valence-electron chi connectivity index (χ1n) is 6.43. The first kappa shape index (κ1) is 14.6. The fourth-order valence-electron chi connectivity index (χ4n) is 1.96. The van der Waals surface area contributed by atoms with Crippen molar-refractivity contribution in [3.8, 4) is 0 Å². The van der Waals surface area contributed by atoms with Crippen LogP contribution >= 0.6 is 0 Å². The standard InChI is InChI=1S/C13H16N4O4/c1-3-15-12(19)16-11(18)7(2)17-9-6-8(14)4-5-10(9)21-13(17)20/h4-7H,3,14H2,1-2H3,(H2,15,16,18,19). The minimum absolute atomic E-state index is 0.326. The van der Waals surface area contributed by atoms with Crippen LogP contribution in [0.5, 0.6) is 0 Å². The third-order valence-corrected chi connectivity index (χ3v) is 2.98. The highest BCUT2D eigenvalue weighted by Gasteiger charge is 2.22.